The van der Waals surface area contributed by atoms with E-state index in [-0.39, 0.29) is 6.04 Å². The Morgan fingerprint density at radius 1 is 1.33 bits per heavy atom. The van der Waals surface area contributed by atoms with Gasteiger partial charge < -0.3 is 10.5 Å². The minimum atomic E-state index is 0.252. The van der Waals surface area contributed by atoms with E-state index in [1.807, 2.05) is 0 Å². The molecule has 0 amide bonds. The van der Waals surface area contributed by atoms with Gasteiger partial charge >= 0.3 is 0 Å². The van der Waals surface area contributed by atoms with Crippen molar-refractivity contribution in [3.63, 3.8) is 0 Å². The molecule has 15 heavy (non-hydrogen) atoms. The summed E-state index contributed by atoms with van der Waals surface area (Å²) in [5.74, 6) is 0.985. The Balaban J connectivity index is 2.83. The molecule has 1 atom stereocenters. The lowest BCUT2D eigenvalue weighted by Gasteiger charge is -2.12. The molecule has 2 heteroatoms. The van der Waals surface area contributed by atoms with E-state index in [1.165, 1.54) is 11.1 Å². The van der Waals surface area contributed by atoms with Crippen LogP contribution in [0, 0.1) is 0 Å². The van der Waals surface area contributed by atoms with Gasteiger partial charge in [0, 0.05) is 6.04 Å². The van der Waals surface area contributed by atoms with Crippen LogP contribution in [0.5, 0.6) is 5.75 Å². The molecule has 0 aliphatic heterocycles. The van der Waals surface area contributed by atoms with Gasteiger partial charge in [0.15, 0.2) is 0 Å². The van der Waals surface area contributed by atoms with Crippen LogP contribution in [0.4, 0.5) is 0 Å². The first-order valence-corrected chi connectivity index (χ1v) is 5.62. The first kappa shape index (κ1) is 12.1. The Kier molecular flexibility index (Phi) is 4.63. The summed E-state index contributed by atoms with van der Waals surface area (Å²) in [5, 5.41) is 0. The molecule has 0 aliphatic rings. The van der Waals surface area contributed by atoms with Gasteiger partial charge in [-0.05, 0) is 36.5 Å². The van der Waals surface area contributed by atoms with Crippen molar-refractivity contribution in [1.82, 2.24) is 0 Å². The van der Waals surface area contributed by atoms with Crippen molar-refractivity contribution in [1.29, 1.82) is 0 Å². The van der Waals surface area contributed by atoms with Gasteiger partial charge in [-0.15, -0.1) is 0 Å². The smallest absolute Gasteiger partial charge is 0.122 e. The number of aryl methyl sites for hydroxylation is 1. The van der Waals surface area contributed by atoms with E-state index in [0.29, 0.717) is 0 Å². The maximum atomic E-state index is 5.93. The molecule has 0 heterocycles. The summed E-state index contributed by atoms with van der Waals surface area (Å²) in [7, 11) is 1.72. The number of hydrogen-bond acceptors (Lipinski definition) is 2. The first-order valence-electron chi connectivity index (χ1n) is 5.62. The summed E-state index contributed by atoms with van der Waals surface area (Å²) in [6.45, 7) is 4.25. The molecule has 1 aromatic carbocycles. The van der Waals surface area contributed by atoms with Gasteiger partial charge in [-0.3, -0.25) is 0 Å². The van der Waals surface area contributed by atoms with Crippen molar-refractivity contribution < 1.29 is 4.74 Å². The standard InChI is InChI=1S/C13H21NO/c1-4-11-7-6-10(8-12(14)5-2)9-13(11)15-3/h6-7,9,12H,4-5,8,14H2,1-3H3. The van der Waals surface area contributed by atoms with E-state index >= 15 is 0 Å². The summed E-state index contributed by atoms with van der Waals surface area (Å²) < 4.78 is 5.35. The maximum Gasteiger partial charge on any atom is 0.122 e. The molecule has 2 N–H and O–H groups in total. The Hall–Kier alpha value is -1.02. The third kappa shape index (κ3) is 3.24. The second-order valence-corrected chi connectivity index (χ2v) is 3.87. The molecule has 0 aromatic heterocycles. The SMILES string of the molecule is CCc1ccc(CC(N)CC)cc1OC. The van der Waals surface area contributed by atoms with Crippen molar-refractivity contribution >= 4 is 0 Å². The lowest BCUT2D eigenvalue weighted by atomic mass is 10.0. The zero-order valence-corrected chi connectivity index (χ0v) is 9.92. The highest BCUT2D eigenvalue weighted by atomic mass is 16.5. The van der Waals surface area contributed by atoms with Crippen molar-refractivity contribution in [3.8, 4) is 5.75 Å². The van der Waals surface area contributed by atoms with Gasteiger partial charge in [-0.2, -0.15) is 0 Å². The van der Waals surface area contributed by atoms with E-state index in [9.17, 15) is 0 Å². The predicted molar refractivity (Wildman–Crippen MR) is 64.3 cm³/mol. The van der Waals surface area contributed by atoms with E-state index in [4.69, 9.17) is 10.5 Å². The minimum Gasteiger partial charge on any atom is -0.496 e. The normalized spacial score (nSPS) is 12.5. The third-order valence-corrected chi connectivity index (χ3v) is 2.75. The van der Waals surface area contributed by atoms with Crippen LogP contribution in [0.3, 0.4) is 0 Å². The van der Waals surface area contributed by atoms with Crippen LogP contribution < -0.4 is 10.5 Å². The molecule has 84 valence electrons. The number of hydrogen-bond donors (Lipinski definition) is 1. The zero-order valence-electron chi connectivity index (χ0n) is 9.92. The number of benzene rings is 1. The van der Waals surface area contributed by atoms with Crippen LogP contribution in [0.15, 0.2) is 18.2 Å². The molecule has 0 bridgehead atoms. The van der Waals surface area contributed by atoms with E-state index in [1.54, 1.807) is 7.11 Å². The van der Waals surface area contributed by atoms with Crippen LogP contribution in [0.1, 0.15) is 31.4 Å². The molecular weight excluding hydrogens is 186 g/mol. The Morgan fingerprint density at radius 2 is 2.07 bits per heavy atom. The number of nitrogens with two attached hydrogens (primary N) is 1. The summed E-state index contributed by atoms with van der Waals surface area (Å²) in [6.07, 6.45) is 2.94. The van der Waals surface area contributed by atoms with Crippen molar-refractivity contribution in [2.45, 2.75) is 39.2 Å². The average molecular weight is 207 g/mol. The summed E-state index contributed by atoms with van der Waals surface area (Å²) in [4.78, 5) is 0. The predicted octanol–water partition coefficient (Wildman–Crippen LogP) is 2.54. The molecule has 0 saturated heterocycles. The second kappa shape index (κ2) is 5.76. The van der Waals surface area contributed by atoms with Crippen molar-refractivity contribution in [2.75, 3.05) is 7.11 Å². The highest BCUT2D eigenvalue weighted by Gasteiger charge is 2.05. The van der Waals surface area contributed by atoms with E-state index in [2.05, 4.69) is 32.0 Å². The van der Waals surface area contributed by atoms with Gasteiger partial charge in [-0.25, -0.2) is 0 Å². The fraction of sp³-hybridized carbons (Fsp3) is 0.538. The molecule has 1 rings (SSSR count). The monoisotopic (exact) mass is 207 g/mol. The van der Waals surface area contributed by atoms with E-state index in [0.717, 1.165) is 25.0 Å². The van der Waals surface area contributed by atoms with Gasteiger partial charge in [0.25, 0.3) is 0 Å². The van der Waals surface area contributed by atoms with Crippen LogP contribution in [0.2, 0.25) is 0 Å². The first-order chi connectivity index (χ1) is 7.21. The molecule has 0 saturated carbocycles. The number of ether oxygens (including phenoxy) is 1. The number of rotatable bonds is 5. The fourth-order valence-corrected chi connectivity index (χ4v) is 1.66. The van der Waals surface area contributed by atoms with Crippen molar-refractivity contribution in [3.05, 3.63) is 29.3 Å². The summed E-state index contributed by atoms with van der Waals surface area (Å²) >= 11 is 0. The van der Waals surface area contributed by atoms with Gasteiger partial charge in [0.2, 0.25) is 0 Å². The average Bonchev–Trinajstić information content (AvgIpc) is 2.28. The highest BCUT2D eigenvalue weighted by Crippen LogP contribution is 2.21. The lowest BCUT2D eigenvalue weighted by molar-refractivity contribution is 0.409. The van der Waals surface area contributed by atoms with Crippen molar-refractivity contribution in [2.24, 2.45) is 5.73 Å². The van der Waals surface area contributed by atoms with Crippen LogP contribution in [-0.2, 0) is 12.8 Å². The fourth-order valence-electron chi connectivity index (χ4n) is 1.66. The van der Waals surface area contributed by atoms with E-state index < -0.39 is 0 Å². The Bertz CT molecular complexity index is 309. The molecule has 0 aliphatic carbocycles. The highest BCUT2D eigenvalue weighted by molar-refractivity contribution is 5.37. The summed E-state index contributed by atoms with van der Waals surface area (Å²) in [5.41, 5.74) is 8.44. The Labute approximate surface area is 92.4 Å². The van der Waals surface area contributed by atoms with Crippen LogP contribution in [-0.4, -0.2) is 13.2 Å². The van der Waals surface area contributed by atoms with Gasteiger partial charge in [0.05, 0.1) is 7.11 Å². The summed E-state index contributed by atoms with van der Waals surface area (Å²) in [6, 6.07) is 6.64. The molecule has 0 fully saturated rings. The minimum absolute atomic E-state index is 0.252. The molecular formula is C13H21NO. The number of methoxy groups -OCH3 is 1. The van der Waals surface area contributed by atoms with Crippen LogP contribution in [0.25, 0.3) is 0 Å². The second-order valence-electron chi connectivity index (χ2n) is 3.87. The molecule has 0 radical (unpaired) electrons. The third-order valence-electron chi connectivity index (χ3n) is 2.75. The maximum absolute atomic E-state index is 5.93. The molecule has 1 aromatic rings. The van der Waals surface area contributed by atoms with Crippen LogP contribution >= 0.6 is 0 Å². The Morgan fingerprint density at radius 3 is 2.60 bits per heavy atom. The molecule has 0 spiro atoms. The topological polar surface area (TPSA) is 35.2 Å². The zero-order chi connectivity index (χ0) is 11.3. The quantitative estimate of drug-likeness (QED) is 0.805. The molecule has 1 unspecified atom stereocenters. The largest absolute Gasteiger partial charge is 0.496 e. The van der Waals surface area contributed by atoms with Gasteiger partial charge in [0.1, 0.15) is 5.75 Å². The molecule has 2 nitrogen and oxygen atoms in total. The lowest BCUT2D eigenvalue weighted by Crippen LogP contribution is -2.21. The van der Waals surface area contributed by atoms with Gasteiger partial charge in [-0.1, -0.05) is 26.0 Å².